The second-order valence-electron chi connectivity index (χ2n) is 21.7. The van der Waals surface area contributed by atoms with E-state index >= 15 is 0 Å². The number of phosphoric ester groups is 1. The van der Waals surface area contributed by atoms with Gasteiger partial charge in [-0.3, -0.25) is 18.6 Å². The minimum Gasteiger partial charge on any atom is -0.462 e. The summed E-state index contributed by atoms with van der Waals surface area (Å²) in [7, 11) is 1.47. The average molecular weight is 1100 g/mol. The van der Waals surface area contributed by atoms with E-state index in [1.165, 1.54) is 116 Å². The van der Waals surface area contributed by atoms with Crippen LogP contribution < -0.4 is 0 Å². The quantitative estimate of drug-likeness (QED) is 0.0211. The minimum absolute atomic E-state index is 0.0285. The number of hydrogen-bond acceptors (Lipinski definition) is 7. The third kappa shape index (κ3) is 61.7. The van der Waals surface area contributed by atoms with Crippen molar-refractivity contribution in [1.29, 1.82) is 0 Å². The van der Waals surface area contributed by atoms with Crippen LogP contribution in [0.25, 0.3) is 0 Å². The van der Waals surface area contributed by atoms with Gasteiger partial charge in [-0.15, -0.1) is 0 Å². The van der Waals surface area contributed by atoms with Crippen molar-refractivity contribution in [2.75, 3.05) is 47.5 Å². The number of carbonyl (C=O) groups is 2. The van der Waals surface area contributed by atoms with E-state index in [0.29, 0.717) is 17.4 Å². The number of ether oxygens (including phenoxy) is 2. The van der Waals surface area contributed by atoms with E-state index in [-0.39, 0.29) is 32.0 Å². The van der Waals surface area contributed by atoms with Gasteiger partial charge in [0.05, 0.1) is 27.7 Å². The molecule has 77 heavy (non-hydrogen) atoms. The Morgan fingerprint density at radius 3 is 1.10 bits per heavy atom. The zero-order valence-corrected chi connectivity index (χ0v) is 51.1. The number of unbranched alkanes of at least 4 members (excludes halogenated alkanes) is 24. The molecule has 0 bridgehead atoms. The van der Waals surface area contributed by atoms with Gasteiger partial charge in [-0.2, -0.15) is 0 Å². The van der Waals surface area contributed by atoms with Crippen LogP contribution in [0.5, 0.6) is 0 Å². The van der Waals surface area contributed by atoms with Gasteiger partial charge in [-0.1, -0.05) is 264 Å². The molecule has 1 N–H and O–H groups in total. The smallest absolute Gasteiger partial charge is 0.462 e. The van der Waals surface area contributed by atoms with Gasteiger partial charge in [0.2, 0.25) is 0 Å². The Hall–Kier alpha value is -3.33. The van der Waals surface area contributed by atoms with Crippen molar-refractivity contribution in [2.24, 2.45) is 0 Å². The fourth-order valence-electron chi connectivity index (χ4n) is 8.30. The maximum Gasteiger partial charge on any atom is 0.472 e. The molecule has 10 heteroatoms. The van der Waals surface area contributed by atoms with E-state index in [1.807, 2.05) is 21.1 Å². The molecule has 9 nitrogen and oxygen atoms in total. The van der Waals surface area contributed by atoms with Crippen LogP contribution in [0.4, 0.5) is 0 Å². The van der Waals surface area contributed by atoms with E-state index in [4.69, 9.17) is 18.5 Å². The molecule has 0 aromatic carbocycles. The van der Waals surface area contributed by atoms with Crippen LogP contribution in [0.2, 0.25) is 0 Å². The van der Waals surface area contributed by atoms with E-state index < -0.39 is 26.5 Å². The van der Waals surface area contributed by atoms with Crippen LogP contribution in [0, 0.1) is 0 Å². The topological polar surface area (TPSA) is 108 Å². The van der Waals surface area contributed by atoms with Crippen LogP contribution in [0.1, 0.15) is 251 Å². The fraction of sp³-hybridized carbons (Fsp3) is 0.701. The third-order valence-corrected chi connectivity index (χ3v) is 14.1. The Bertz CT molecular complexity index is 1670. The van der Waals surface area contributed by atoms with Gasteiger partial charge < -0.3 is 18.9 Å². The number of quaternary nitrogens is 1. The van der Waals surface area contributed by atoms with E-state index in [0.717, 1.165) is 103 Å². The Labute approximate surface area is 474 Å². The van der Waals surface area contributed by atoms with Crippen molar-refractivity contribution in [2.45, 2.75) is 258 Å². The summed E-state index contributed by atoms with van der Waals surface area (Å²) >= 11 is 0. The zero-order chi connectivity index (χ0) is 56.3. The molecule has 0 aliphatic carbocycles. The molecule has 2 unspecified atom stereocenters. The number of esters is 2. The molecule has 0 radical (unpaired) electrons. The summed E-state index contributed by atoms with van der Waals surface area (Å²) in [6.07, 6.45) is 80.3. The highest BCUT2D eigenvalue weighted by atomic mass is 31.2. The highest BCUT2D eigenvalue weighted by Crippen LogP contribution is 2.43. The number of rotatable bonds is 56. The SMILES string of the molecule is CC/C=C\C/C=C\C/C=C\C/C=C\C/C=C\C/C=C\C/C=C\C/C=C\C/C=C\CCCCCCCCCCCCCC(=O)OC(COC(=O)CCCCCCCCCCCCCCCC)COP(=O)(O)OCC[N+](C)(C)C. The van der Waals surface area contributed by atoms with Crippen LogP contribution in [0.3, 0.4) is 0 Å². The molecule has 0 aliphatic heterocycles. The maximum absolute atomic E-state index is 12.8. The molecule has 2 atom stereocenters. The number of allylic oxidation sites excluding steroid dienone is 18. The van der Waals surface area contributed by atoms with Crippen LogP contribution in [-0.2, 0) is 32.7 Å². The number of phosphoric acid groups is 1. The normalized spacial score (nSPS) is 14.0. The first-order valence-electron chi connectivity index (χ1n) is 31.1. The summed E-state index contributed by atoms with van der Waals surface area (Å²) in [6, 6.07) is 0. The zero-order valence-electron chi connectivity index (χ0n) is 50.2. The first kappa shape index (κ1) is 73.7. The van der Waals surface area contributed by atoms with Gasteiger partial charge in [-0.25, -0.2) is 4.57 Å². The molecule has 0 aromatic heterocycles. The second kappa shape index (κ2) is 57.4. The lowest BCUT2D eigenvalue weighted by Crippen LogP contribution is -2.37. The van der Waals surface area contributed by atoms with Crippen LogP contribution in [-0.4, -0.2) is 74.9 Å². The van der Waals surface area contributed by atoms with Crippen LogP contribution >= 0.6 is 7.82 Å². The van der Waals surface area contributed by atoms with Crippen molar-refractivity contribution in [3.63, 3.8) is 0 Å². The summed E-state index contributed by atoms with van der Waals surface area (Å²) < 4.78 is 34.6. The number of hydrogen-bond donors (Lipinski definition) is 1. The molecule has 0 fully saturated rings. The van der Waals surface area contributed by atoms with E-state index in [1.54, 1.807) is 0 Å². The molecule has 0 saturated heterocycles. The van der Waals surface area contributed by atoms with Crippen molar-refractivity contribution < 1.29 is 42.1 Å². The molecule has 0 aliphatic rings. The van der Waals surface area contributed by atoms with E-state index in [2.05, 4.69) is 123 Å². The van der Waals surface area contributed by atoms with Crippen molar-refractivity contribution in [1.82, 2.24) is 0 Å². The fourth-order valence-corrected chi connectivity index (χ4v) is 9.04. The Morgan fingerprint density at radius 2 is 0.740 bits per heavy atom. The summed E-state index contributed by atoms with van der Waals surface area (Å²) in [5, 5.41) is 0. The predicted molar refractivity (Wildman–Crippen MR) is 330 cm³/mol. The lowest BCUT2D eigenvalue weighted by Gasteiger charge is -2.24. The summed E-state index contributed by atoms with van der Waals surface area (Å²) in [6.45, 7) is 4.32. The Morgan fingerprint density at radius 1 is 0.416 bits per heavy atom. The maximum atomic E-state index is 12.8. The van der Waals surface area contributed by atoms with E-state index in [9.17, 15) is 19.0 Å². The molecule has 0 saturated carbocycles. The Kier molecular flexibility index (Phi) is 54.9. The monoisotopic (exact) mass is 1090 g/mol. The van der Waals surface area contributed by atoms with Crippen molar-refractivity contribution >= 4 is 19.8 Å². The molecular formula is C67H117NO8P+. The first-order chi connectivity index (χ1) is 37.5. The third-order valence-electron chi connectivity index (χ3n) is 13.1. The van der Waals surface area contributed by atoms with Gasteiger partial charge in [0.25, 0.3) is 0 Å². The number of likely N-dealkylation sites (N-methyl/N-ethyl adjacent to an activating group) is 1. The average Bonchev–Trinajstić information content (AvgIpc) is 3.39. The minimum atomic E-state index is -4.39. The van der Waals surface area contributed by atoms with Gasteiger partial charge >= 0.3 is 19.8 Å². The molecule has 0 rings (SSSR count). The van der Waals surface area contributed by atoms with Gasteiger partial charge in [-0.05, 0) is 83.5 Å². The van der Waals surface area contributed by atoms with Gasteiger partial charge in [0.15, 0.2) is 6.10 Å². The number of nitrogens with zero attached hydrogens (tertiary/aromatic N) is 1. The molecule has 0 heterocycles. The largest absolute Gasteiger partial charge is 0.472 e. The molecule has 0 amide bonds. The predicted octanol–water partition coefficient (Wildman–Crippen LogP) is 19.8. The Balaban J connectivity index is 4.06. The highest BCUT2D eigenvalue weighted by molar-refractivity contribution is 7.47. The van der Waals surface area contributed by atoms with Gasteiger partial charge in [0.1, 0.15) is 19.8 Å². The summed E-state index contributed by atoms with van der Waals surface area (Å²) in [5.74, 6) is -0.799. The molecule has 0 aromatic rings. The second-order valence-corrected chi connectivity index (χ2v) is 23.2. The lowest BCUT2D eigenvalue weighted by atomic mass is 10.0. The first-order valence-corrected chi connectivity index (χ1v) is 32.6. The molecular weight excluding hydrogens is 978 g/mol. The highest BCUT2D eigenvalue weighted by Gasteiger charge is 2.27. The van der Waals surface area contributed by atoms with Crippen molar-refractivity contribution in [3.05, 3.63) is 109 Å². The summed E-state index contributed by atoms with van der Waals surface area (Å²) in [4.78, 5) is 35.7. The van der Waals surface area contributed by atoms with Crippen LogP contribution in [0.15, 0.2) is 109 Å². The molecule has 442 valence electrons. The molecule has 0 spiro atoms. The lowest BCUT2D eigenvalue weighted by molar-refractivity contribution is -0.870. The number of carbonyl (C=O) groups excluding carboxylic acids is 2. The van der Waals surface area contributed by atoms with Gasteiger partial charge in [0, 0.05) is 12.8 Å². The standard InChI is InChI=1S/C67H116NO8P/c1-6-8-10-12-14-16-18-20-22-23-24-25-26-27-28-29-30-31-32-33-34-35-36-37-38-39-40-41-42-43-44-45-46-48-50-52-54-56-58-60-67(70)76-65(64-75-77(71,72)74-62-61-68(3,4)5)63-73-66(69)59-57-55-53-51-49-47-21-19-17-15-13-11-9-7-2/h8,10,14,16,20,22,24-25,27-28,30-31,33-34,36-37,39-40,65H,6-7,9,11-13,15,17-19,21,23,26,29,32,35,38,41-64H2,1-5H3/p+1/b10-8-,16-14-,22-20-,25-24-,28-27-,31-30-,34-33-,37-36-,40-39-. The van der Waals surface area contributed by atoms with Crippen molar-refractivity contribution in [3.8, 4) is 0 Å². The summed E-state index contributed by atoms with van der Waals surface area (Å²) in [5.41, 5.74) is 0.